The van der Waals surface area contributed by atoms with Crippen molar-refractivity contribution in [3.8, 4) is 0 Å². The molecule has 0 bridgehead atoms. The number of benzene rings is 1. The van der Waals surface area contributed by atoms with Gasteiger partial charge in [-0.05, 0) is 36.6 Å². The van der Waals surface area contributed by atoms with Gasteiger partial charge in [0.15, 0.2) is 9.84 Å². The lowest BCUT2D eigenvalue weighted by Gasteiger charge is -2.31. The topological polar surface area (TPSA) is 80.5 Å². The SMILES string of the molecule is NC(=O)CCS(=O)(=O)CCN1CCCc2cc(F)ccc21. The molecule has 1 aromatic carbocycles. The summed E-state index contributed by atoms with van der Waals surface area (Å²) in [5, 5.41) is 0. The molecule has 0 unspecified atom stereocenters. The molecule has 1 heterocycles. The van der Waals surface area contributed by atoms with Crippen LogP contribution in [0.2, 0.25) is 0 Å². The first-order chi connectivity index (χ1) is 9.87. The van der Waals surface area contributed by atoms with E-state index in [2.05, 4.69) is 0 Å². The highest BCUT2D eigenvalue weighted by molar-refractivity contribution is 7.91. The first-order valence-electron chi connectivity index (χ1n) is 6.89. The van der Waals surface area contributed by atoms with Gasteiger partial charge >= 0.3 is 0 Å². The number of hydrogen-bond donors (Lipinski definition) is 1. The molecule has 5 nitrogen and oxygen atoms in total. The maximum absolute atomic E-state index is 13.2. The Balaban J connectivity index is 2.00. The number of amides is 1. The molecule has 7 heteroatoms. The van der Waals surface area contributed by atoms with Gasteiger partial charge in [0.25, 0.3) is 0 Å². The van der Waals surface area contributed by atoms with E-state index < -0.39 is 15.7 Å². The molecule has 0 fully saturated rings. The Kier molecular flexibility index (Phi) is 4.82. The lowest BCUT2D eigenvalue weighted by atomic mass is 10.0. The summed E-state index contributed by atoms with van der Waals surface area (Å²) >= 11 is 0. The molecule has 2 rings (SSSR count). The number of hydrogen-bond acceptors (Lipinski definition) is 4. The number of primary amides is 1. The predicted molar refractivity (Wildman–Crippen MR) is 79.4 cm³/mol. The lowest BCUT2D eigenvalue weighted by Crippen LogP contribution is -2.34. The fraction of sp³-hybridized carbons (Fsp3) is 0.500. The average molecular weight is 314 g/mol. The Morgan fingerprint density at radius 1 is 1.33 bits per heavy atom. The van der Waals surface area contributed by atoms with E-state index in [1.165, 1.54) is 12.1 Å². The van der Waals surface area contributed by atoms with Crippen molar-refractivity contribution in [2.24, 2.45) is 5.73 Å². The van der Waals surface area contributed by atoms with Gasteiger partial charge in [-0.15, -0.1) is 0 Å². The maximum atomic E-state index is 13.2. The van der Waals surface area contributed by atoms with Gasteiger partial charge in [-0.1, -0.05) is 0 Å². The van der Waals surface area contributed by atoms with Crippen molar-refractivity contribution < 1.29 is 17.6 Å². The van der Waals surface area contributed by atoms with Gasteiger partial charge in [0, 0.05) is 25.2 Å². The number of halogens is 1. The van der Waals surface area contributed by atoms with Crippen molar-refractivity contribution in [2.75, 3.05) is 29.5 Å². The Labute approximate surface area is 123 Å². The first-order valence-corrected chi connectivity index (χ1v) is 8.72. The van der Waals surface area contributed by atoms with Gasteiger partial charge < -0.3 is 10.6 Å². The van der Waals surface area contributed by atoms with E-state index in [1.54, 1.807) is 6.07 Å². The quantitative estimate of drug-likeness (QED) is 0.845. The third-order valence-electron chi connectivity index (χ3n) is 3.59. The largest absolute Gasteiger partial charge is 0.370 e. The van der Waals surface area contributed by atoms with Crippen LogP contribution >= 0.6 is 0 Å². The van der Waals surface area contributed by atoms with Crippen LogP contribution in [0.5, 0.6) is 0 Å². The summed E-state index contributed by atoms with van der Waals surface area (Å²) in [6, 6.07) is 4.58. The zero-order chi connectivity index (χ0) is 15.5. The lowest BCUT2D eigenvalue weighted by molar-refractivity contribution is -0.117. The van der Waals surface area contributed by atoms with Gasteiger partial charge in [-0.25, -0.2) is 12.8 Å². The summed E-state index contributed by atoms with van der Waals surface area (Å²) in [6.45, 7) is 1.10. The molecule has 0 aliphatic carbocycles. The van der Waals surface area contributed by atoms with Crippen molar-refractivity contribution in [2.45, 2.75) is 19.3 Å². The Morgan fingerprint density at radius 2 is 2.10 bits per heavy atom. The summed E-state index contributed by atoms with van der Waals surface area (Å²) in [5.41, 5.74) is 6.78. The van der Waals surface area contributed by atoms with Crippen LogP contribution in [0.1, 0.15) is 18.4 Å². The molecule has 1 aromatic rings. The molecule has 0 aromatic heterocycles. The van der Waals surface area contributed by atoms with Gasteiger partial charge in [0.1, 0.15) is 5.82 Å². The van der Waals surface area contributed by atoms with E-state index in [4.69, 9.17) is 5.73 Å². The monoisotopic (exact) mass is 314 g/mol. The smallest absolute Gasteiger partial charge is 0.218 e. The van der Waals surface area contributed by atoms with Crippen LogP contribution in [0.25, 0.3) is 0 Å². The number of carbonyl (C=O) groups excluding carboxylic acids is 1. The fourth-order valence-corrected chi connectivity index (χ4v) is 3.70. The van der Waals surface area contributed by atoms with Crippen LogP contribution in [0, 0.1) is 5.82 Å². The number of anilines is 1. The summed E-state index contributed by atoms with van der Waals surface area (Å²) in [5.74, 6) is -1.13. The van der Waals surface area contributed by atoms with Gasteiger partial charge in [-0.3, -0.25) is 4.79 Å². The Morgan fingerprint density at radius 3 is 2.81 bits per heavy atom. The third-order valence-corrected chi connectivity index (χ3v) is 5.22. The average Bonchev–Trinajstić information content (AvgIpc) is 2.43. The minimum atomic E-state index is -3.30. The second-order valence-corrected chi connectivity index (χ2v) is 7.54. The van der Waals surface area contributed by atoms with E-state index in [0.717, 1.165) is 30.6 Å². The summed E-state index contributed by atoms with van der Waals surface area (Å²) in [6.07, 6.45) is 1.53. The summed E-state index contributed by atoms with van der Waals surface area (Å²) in [7, 11) is -3.30. The molecule has 116 valence electrons. The van der Waals surface area contributed by atoms with Gasteiger partial charge in [0.2, 0.25) is 5.91 Å². The molecular weight excluding hydrogens is 295 g/mol. The number of nitrogens with two attached hydrogens (primary N) is 1. The Hall–Kier alpha value is -1.63. The van der Waals surface area contributed by atoms with E-state index in [0.29, 0.717) is 6.54 Å². The van der Waals surface area contributed by atoms with Crippen LogP contribution in [-0.2, 0) is 21.1 Å². The van der Waals surface area contributed by atoms with Crippen molar-refractivity contribution in [3.63, 3.8) is 0 Å². The number of fused-ring (bicyclic) bond motifs is 1. The predicted octanol–water partition coefficient (Wildman–Crippen LogP) is 0.868. The molecule has 21 heavy (non-hydrogen) atoms. The molecular formula is C14H19FN2O3S. The molecule has 0 radical (unpaired) electrons. The highest BCUT2D eigenvalue weighted by Gasteiger charge is 2.20. The Bertz CT molecular complexity index is 631. The highest BCUT2D eigenvalue weighted by Crippen LogP contribution is 2.27. The first kappa shape index (κ1) is 15.8. The van der Waals surface area contributed by atoms with E-state index in [-0.39, 0.29) is 23.7 Å². The molecule has 1 aliphatic heterocycles. The zero-order valence-electron chi connectivity index (χ0n) is 11.7. The third kappa shape index (κ3) is 4.42. The van der Waals surface area contributed by atoms with E-state index >= 15 is 0 Å². The molecule has 1 aliphatic rings. The van der Waals surface area contributed by atoms with Crippen LogP contribution < -0.4 is 10.6 Å². The van der Waals surface area contributed by atoms with Crippen LogP contribution in [0.15, 0.2) is 18.2 Å². The number of carbonyl (C=O) groups is 1. The number of aryl methyl sites for hydroxylation is 1. The zero-order valence-corrected chi connectivity index (χ0v) is 12.5. The molecule has 1 amide bonds. The normalized spacial score (nSPS) is 14.8. The minimum absolute atomic E-state index is 0.0307. The minimum Gasteiger partial charge on any atom is -0.370 e. The second-order valence-electron chi connectivity index (χ2n) is 5.23. The molecule has 0 saturated heterocycles. The van der Waals surface area contributed by atoms with Crippen molar-refractivity contribution in [3.05, 3.63) is 29.6 Å². The molecule has 2 N–H and O–H groups in total. The van der Waals surface area contributed by atoms with Crippen molar-refractivity contribution in [1.29, 1.82) is 0 Å². The van der Waals surface area contributed by atoms with Gasteiger partial charge in [0.05, 0.1) is 11.5 Å². The molecule has 0 saturated carbocycles. The molecule has 0 atom stereocenters. The van der Waals surface area contributed by atoms with Crippen molar-refractivity contribution in [1.82, 2.24) is 0 Å². The van der Waals surface area contributed by atoms with Crippen molar-refractivity contribution >= 4 is 21.4 Å². The maximum Gasteiger partial charge on any atom is 0.218 e. The molecule has 0 spiro atoms. The standard InChI is InChI=1S/C14H19FN2O3S/c15-12-3-4-13-11(10-12)2-1-6-17(13)7-9-21(19,20)8-5-14(16)18/h3-4,10H,1-2,5-9H2,(H2,16,18). The highest BCUT2D eigenvalue weighted by atomic mass is 32.2. The van der Waals surface area contributed by atoms with Gasteiger partial charge in [-0.2, -0.15) is 0 Å². The summed E-state index contributed by atoms with van der Waals surface area (Å²) < 4.78 is 36.9. The number of rotatable bonds is 6. The second kappa shape index (κ2) is 6.43. The number of nitrogens with zero attached hydrogens (tertiary/aromatic N) is 1. The summed E-state index contributed by atoms with van der Waals surface area (Å²) in [4.78, 5) is 12.6. The van der Waals surface area contributed by atoms with Crippen LogP contribution in [0.4, 0.5) is 10.1 Å². The number of sulfone groups is 1. The fourth-order valence-electron chi connectivity index (χ4n) is 2.48. The van der Waals surface area contributed by atoms with Crippen LogP contribution in [0.3, 0.4) is 0 Å². The van der Waals surface area contributed by atoms with E-state index in [1.807, 2.05) is 4.90 Å². The van der Waals surface area contributed by atoms with E-state index in [9.17, 15) is 17.6 Å². The van der Waals surface area contributed by atoms with Crippen LogP contribution in [-0.4, -0.2) is 38.9 Å².